The van der Waals surface area contributed by atoms with Gasteiger partial charge in [-0.1, -0.05) is 12.1 Å². The van der Waals surface area contributed by atoms with Crippen LogP contribution in [0.5, 0.6) is 0 Å². The van der Waals surface area contributed by atoms with Crippen molar-refractivity contribution in [2.75, 3.05) is 5.73 Å². The van der Waals surface area contributed by atoms with Gasteiger partial charge in [-0.15, -0.1) is 11.3 Å². The van der Waals surface area contributed by atoms with Crippen LogP contribution in [0.25, 0.3) is 10.2 Å². The van der Waals surface area contributed by atoms with E-state index >= 15 is 0 Å². The summed E-state index contributed by atoms with van der Waals surface area (Å²) >= 11 is 1.46. The molecule has 0 aliphatic carbocycles. The topological polar surface area (TPSA) is 80.9 Å². The lowest BCUT2D eigenvalue weighted by molar-refractivity contribution is 0.0948. The maximum Gasteiger partial charge on any atom is 0.271 e. The Morgan fingerprint density at radius 1 is 1.20 bits per heavy atom. The number of carbonyl (C=O) groups is 1. The Bertz CT molecular complexity index is 751. The first-order valence-electron chi connectivity index (χ1n) is 6.05. The number of nitrogens with one attached hydrogen (secondary N) is 1. The molecule has 0 saturated heterocycles. The lowest BCUT2D eigenvalue weighted by Crippen LogP contribution is -2.23. The van der Waals surface area contributed by atoms with E-state index in [1.54, 1.807) is 0 Å². The van der Waals surface area contributed by atoms with Crippen LogP contribution >= 0.6 is 11.3 Å². The molecule has 100 valence electrons. The predicted molar refractivity (Wildman–Crippen MR) is 79.4 cm³/mol. The first-order valence-corrected chi connectivity index (χ1v) is 6.93. The molecule has 5 nitrogen and oxygen atoms in total. The molecule has 0 aliphatic rings. The van der Waals surface area contributed by atoms with Gasteiger partial charge in [0.2, 0.25) is 0 Å². The quantitative estimate of drug-likeness (QED) is 0.722. The number of hydrogen-bond acceptors (Lipinski definition) is 5. The van der Waals surface area contributed by atoms with Gasteiger partial charge in [-0.25, -0.2) is 9.97 Å². The zero-order valence-electron chi connectivity index (χ0n) is 10.5. The van der Waals surface area contributed by atoms with E-state index < -0.39 is 0 Å². The standard InChI is InChI=1S/C14H12N4OS/c15-10-3-1-9(2-4-10)7-16-14(19)12-13-11(5-6-20-13)17-8-18-12/h1-6,8H,7,15H2,(H,16,19). The van der Waals surface area contributed by atoms with E-state index in [9.17, 15) is 4.79 Å². The minimum Gasteiger partial charge on any atom is -0.399 e. The van der Waals surface area contributed by atoms with Gasteiger partial charge in [0.15, 0.2) is 0 Å². The third-order valence-electron chi connectivity index (χ3n) is 2.89. The van der Waals surface area contributed by atoms with Crippen LogP contribution in [0.1, 0.15) is 16.1 Å². The largest absolute Gasteiger partial charge is 0.399 e. The Balaban J connectivity index is 1.76. The molecule has 0 atom stereocenters. The Kier molecular flexibility index (Phi) is 3.30. The van der Waals surface area contributed by atoms with E-state index in [4.69, 9.17) is 5.73 Å². The lowest BCUT2D eigenvalue weighted by Gasteiger charge is -2.05. The van der Waals surface area contributed by atoms with Gasteiger partial charge < -0.3 is 11.1 Å². The third kappa shape index (κ3) is 2.46. The molecule has 3 N–H and O–H groups in total. The summed E-state index contributed by atoms with van der Waals surface area (Å²) in [6, 6.07) is 9.26. The summed E-state index contributed by atoms with van der Waals surface area (Å²) in [7, 11) is 0. The van der Waals surface area contributed by atoms with Gasteiger partial charge in [0, 0.05) is 12.2 Å². The summed E-state index contributed by atoms with van der Waals surface area (Å²) in [4.78, 5) is 20.4. The molecule has 0 fully saturated rings. The maximum atomic E-state index is 12.2. The SMILES string of the molecule is Nc1ccc(CNC(=O)c2ncnc3ccsc23)cc1. The number of benzene rings is 1. The number of aromatic nitrogens is 2. The number of hydrogen-bond donors (Lipinski definition) is 2. The summed E-state index contributed by atoms with van der Waals surface area (Å²) in [6.07, 6.45) is 1.41. The molecular weight excluding hydrogens is 272 g/mol. The van der Waals surface area contributed by atoms with Crippen LogP contribution in [0.15, 0.2) is 42.0 Å². The molecule has 20 heavy (non-hydrogen) atoms. The Labute approximate surface area is 119 Å². The first-order chi connectivity index (χ1) is 9.74. The number of nitrogens with two attached hydrogens (primary N) is 1. The summed E-state index contributed by atoms with van der Waals surface area (Å²) in [5, 5.41) is 4.75. The molecule has 1 amide bonds. The van der Waals surface area contributed by atoms with Crippen molar-refractivity contribution < 1.29 is 4.79 Å². The minimum absolute atomic E-state index is 0.198. The highest BCUT2D eigenvalue weighted by atomic mass is 32.1. The lowest BCUT2D eigenvalue weighted by atomic mass is 10.2. The number of rotatable bonds is 3. The van der Waals surface area contributed by atoms with Crippen LogP contribution in [0.4, 0.5) is 5.69 Å². The fourth-order valence-corrected chi connectivity index (χ4v) is 2.68. The molecule has 0 bridgehead atoms. The van der Waals surface area contributed by atoms with Gasteiger partial charge in [-0.3, -0.25) is 4.79 Å². The number of fused-ring (bicyclic) bond motifs is 1. The van der Waals surface area contributed by atoms with Gasteiger partial charge in [-0.2, -0.15) is 0 Å². The molecular formula is C14H12N4OS. The van der Waals surface area contributed by atoms with Crippen molar-refractivity contribution in [3.8, 4) is 0 Å². The minimum atomic E-state index is -0.198. The van der Waals surface area contributed by atoms with Crippen molar-refractivity contribution in [2.24, 2.45) is 0 Å². The normalized spacial score (nSPS) is 10.6. The highest BCUT2D eigenvalue weighted by Crippen LogP contribution is 2.20. The first kappa shape index (κ1) is 12.6. The van der Waals surface area contributed by atoms with Crippen LogP contribution in [0.3, 0.4) is 0 Å². The van der Waals surface area contributed by atoms with E-state index in [1.807, 2.05) is 35.7 Å². The van der Waals surface area contributed by atoms with Crippen LogP contribution in [0.2, 0.25) is 0 Å². The molecule has 0 unspecified atom stereocenters. The van der Waals surface area contributed by atoms with E-state index in [0.29, 0.717) is 17.9 Å². The second-order valence-corrected chi connectivity index (χ2v) is 5.20. The van der Waals surface area contributed by atoms with Crippen LogP contribution < -0.4 is 11.1 Å². The monoisotopic (exact) mass is 284 g/mol. The number of amides is 1. The molecule has 0 radical (unpaired) electrons. The molecule has 0 spiro atoms. The van der Waals surface area contributed by atoms with Crippen molar-refractivity contribution in [3.05, 3.63) is 53.3 Å². The van der Waals surface area contributed by atoms with E-state index in [-0.39, 0.29) is 5.91 Å². The second-order valence-electron chi connectivity index (χ2n) is 4.28. The van der Waals surface area contributed by atoms with Crippen molar-refractivity contribution in [3.63, 3.8) is 0 Å². The molecule has 0 aliphatic heterocycles. The third-order valence-corrected chi connectivity index (χ3v) is 3.80. The number of anilines is 1. The number of thiophene rings is 1. The van der Waals surface area contributed by atoms with Gasteiger partial charge in [0.25, 0.3) is 5.91 Å². The van der Waals surface area contributed by atoms with Crippen molar-refractivity contribution in [1.82, 2.24) is 15.3 Å². The molecule has 3 aromatic rings. The number of nitrogens with zero attached hydrogens (tertiary/aromatic N) is 2. The summed E-state index contributed by atoms with van der Waals surface area (Å²) in [5.41, 5.74) is 8.53. The smallest absolute Gasteiger partial charge is 0.271 e. The highest BCUT2D eigenvalue weighted by Gasteiger charge is 2.12. The molecule has 6 heteroatoms. The number of nitrogen functional groups attached to an aromatic ring is 1. The van der Waals surface area contributed by atoms with Crippen molar-refractivity contribution in [2.45, 2.75) is 6.54 Å². The molecule has 0 saturated carbocycles. The van der Waals surface area contributed by atoms with Crippen molar-refractivity contribution >= 4 is 33.1 Å². The Morgan fingerprint density at radius 2 is 2.00 bits per heavy atom. The summed E-state index contributed by atoms with van der Waals surface area (Å²) in [6.45, 7) is 0.440. The van der Waals surface area contributed by atoms with Gasteiger partial charge >= 0.3 is 0 Å². The predicted octanol–water partition coefficient (Wildman–Crippen LogP) is 2.20. The number of carbonyl (C=O) groups excluding carboxylic acids is 1. The maximum absolute atomic E-state index is 12.2. The van der Waals surface area contributed by atoms with E-state index in [2.05, 4.69) is 15.3 Å². The molecule has 2 heterocycles. The zero-order valence-corrected chi connectivity index (χ0v) is 11.4. The van der Waals surface area contributed by atoms with Gasteiger partial charge in [0.1, 0.15) is 12.0 Å². The fourth-order valence-electron chi connectivity index (χ4n) is 1.85. The average molecular weight is 284 g/mol. The summed E-state index contributed by atoms with van der Waals surface area (Å²) in [5.74, 6) is -0.198. The van der Waals surface area contributed by atoms with Crippen molar-refractivity contribution in [1.29, 1.82) is 0 Å². The van der Waals surface area contributed by atoms with Crippen LogP contribution in [0, 0.1) is 0 Å². The van der Waals surface area contributed by atoms with Gasteiger partial charge in [-0.05, 0) is 29.1 Å². The second kappa shape index (κ2) is 5.26. The fraction of sp³-hybridized carbons (Fsp3) is 0.0714. The zero-order chi connectivity index (χ0) is 13.9. The summed E-state index contributed by atoms with van der Waals surface area (Å²) < 4.78 is 0.808. The molecule has 2 aromatic heterocycles. The highest BCUT2D eigenvalue weighted by molar-refractivity contribution is 7.17. The Hall–Kier alpha value is -2.47. The Morgan fingerprint density at radius 3 is 2.80 bits per heavy atom. The average Bonchev–Trinajstić information content (AvgIpc) is 2.94. The molecule has 1 aromatic carbocycles. The molecule has 3 rings (SSSR count). The van der Waals surface area contributed by atoms with E-state index in [1.165, 1.54) is 17.7 Å². The van der Waals surface area contributed by atoms with Crippen LogP contribution in [-0.2, 0) is 6.54 Å². The van der Waals surface area contributed by atoms with Gasteiger partial charge in [0.05, 0.1) is 10.2 Å². The van der Waals surface area contributed by atoms with E-state index in [0.717, 1.165) is 15.8 Å². The van der Waals surface area contributed by atoms with Crippen LogP contribution in [-0.4, -0.2) is 15.9 Å².